The van der Waals surface area contributed by atoms with Crippen LogP contribution in [0.2, 0.25) is 0 Å². The fraction of sp³-hybridized carbons (Fsp3) is 0.125. The van der Waals surface area contributed by atoms with Gasteiger partial charge in [-0.05, 0) is 71.4 Å². The zero-order chi connectivity index (χ0) is 23.0. The molecule has 3 aromatic carbocycles. The van der Waals surface area contributed by atoms with Crippen LogP contribution in [0.15, 0.2) is 85.2 Å². The maximum absolute atomic E-state index is 12.4. The second kappa shape index (κ2) is 10.2. The number of aromatic nitrogens is 4. The summed E-state index contributed by atoms with van der Waals surface area (Å²) in [5.74, 6) is -0.362. The fourth-order valence-corrected chi connectivity index (χ4v) is 2.93. The molecule has 1 N–H and O–H groups in total. The lowest BCUT2D eigenvalue weighted by atomic mass is 10.2. The first kappa shape index (κ1) is 21.7. The van der Waals surface area contributed by atoms with E-state index in [4.69, 9.17) is 9.47 Å². The molecule has 0 saturated heterocycles. The zero-order valence-corrected chi connectivity index (χ0v) is 17.8. The molecule has 166 valence electrons. The molecule has 1 atom stereocenters. The first-order valence-electron chi connectivity index (χ1n) is 10.2. The van der Waals surface area contributed by atoms with Crippen LogP contribution in [0.4, 0.5) is 5.69 Å². The molecule has 0 radical (unpaired) electrons. The number of carbonyl (C=O) groups is 2. The lowest BCUT2D eigenvalue weighted by Crippen LogP contribution is -2.30. The average molecular weight is 443 g/mol. The Morgan fingerprint density at radius 2 is 1.70 bits per heavy atom. The minimum absolute atomic E-state index is 0.311. The fourth-order valence-electron chi connectivity index (χ4n) is 2.93. The molecule has 1 heterocycles. The smallest absolute Gasteiger partial charge is 0.338 e. The lowest BCUT2D eigenvalue weighted by molar-refractivity contribution is -0.123. The van der Waals surface area contributed by atoms with Crippen molar-refractivity contribution < 1.29 is 19.1 Å². The molecule has 9 nitrogen and oxygen atoms in total. The molecule has 1 amide bonds. The van der Waals surface area contributed by atoms with Gasteiger partial charge in [0.2, 0.25) is 0 Å². The molecule has 9 heteroatoms. The van der Waals surface area contributed by atoms with Gasteiger partial charge in [0.1, 0.15) is 18.7 Å². The Balaban J connectivity index is 1.27. The molecule has 0 bridgehead atoms. The van der Waals surface area contributed by atoms with Crippen molar-refractivity contribution in [2.75, 3.05) is 5.32 Å². The van der Waals surface area contributed by atoms with E-state index in [9.17, 15) is 9.59 Å². The summed E-state index contributed by atoms with van der Waals surface area (Å²) in [6.45, 7) is 1.97. The van der Waals surface area contributed by atoms with Gasteiger partial charge in [0.15, 0.2) is 6.10 Å². The van der Waals surface area contributed by atoms with Crippen molar-refractivity contribution in [3.63, 3.8) is 0 Å². The van der Waals surface area contributed by atoms with Gasteiger partial charge in [0.25, 0.3) is 5.91 Å². The average Bonchev–Trinajstić information content (AvgIpc) is 3.39. The van der Waals surface area contributed by atoms with E-state index in [0.29, 0.717) is 29.3 Å². The molecule has 0 unspecified atom stereocenters. The number of hydrogen-bond acceptors (Lipinski definition) is 7. The number of nitrogens with zero attached hydrogens (tertiary/aromatic N) is 4. The Morgan fingerprint density at radius 3 is 2.36 bits per heavy atom. The molecule has 0 saturated carbocycles. The first-order valence-corrected chi connectivity index (χ1v) is 10.2. The first-order chi connectivity index (χ1) is 16.1. The van der Waals surface area contributed by atoms with Gasteiger partial charge in [-0.25, -0.2) is 9.48 Å². The van der Waals surface area contributed by atoms with Crippen LogP contribution in [0.1, 0.15) is 22.8 Å². The molecule has 33 heavy (non-hydrogen) atoms. The SMILES string of the molecule is C[C@@H](OC(=O)c1ccc(-n2cnnn2)cc1)C(=O)Nc1ccc(OCc2ccccc2)cc1. The van der Waals surface area contributed by atoms with Gasteiger partial charge in [-0.15, -0.1) is 5.10 Å². The monoisotopic (exact) mass is 443 g/mol. The van der Waals surface area contributed by atoms with Gasteiger partial charge < -0.3 is 14.8 Å². The molecule has 1 aromatic heterocycles. The van der Waals surface area contributed by atoms with Crippen molar-refractivity contribution in [1.29, 1.82) is 0 Å². The molecule has 0 aliphatic carbocycles. The molecule has 0 aliphatic rings. The van der Waals surface area contributed by atoms with Crippen molar-refractivity contribution in [3.05, 3.63) is 96.3 Å². The Morgan fingerprint density at radius 1 is 0.970 bits per heavy atom. The van der Waals surface area contributed by atoms with Crippen molar-refractivity contribution in [3.8, 4) is 11.4 Å². The van der Waals surface area contributed by atoms with Crippen molar-refractivity contribution in [2.24, 2.45) is 0 Å². The number of nitrogens with one attached hydrogen (secondary N) is 1. The van der Waals surface area contributed by atoms with Gasteiger partial charge in [0, 0.05) is 5.69 Å². The highest BCUT2D eigenvalue weighted by atomic mass is 16.5. The van der Waals surface area contributed by atoms with Gasteiger partial charge in [-0.1, -0.05) is 30.3 Å². The third kappa shape index (κ3) is 5.79. The minimum atomic E-state index is -0.981. The van der Waals surface area contributed by atoms with Gasteiger partial charge in [0.05, 0.1) is 11.3 Å². The van der Waals surface area contributed by atoms with Crippen molar-refractivity contribution in [2.45, 2.75) is 19.6 Å². The largest absolute Gasteiger partial charge is 0.489 e. The summed E-state index contributed by atoms with van der Waals surface area (Å²) in [6.07, 6.45) is 0.465. The highest BCUT2D eigenvalue weighted by Gasteiger charge is 2.19. The second-order valence-electron chi connectivity index (χ2n) is 7.14. The van der Waals surface area contributed by atoms with E-state index in [0.717, 1.165) is 5.56 Å². The molecular weight excluding hydrogens is 422 g/mol. The van der Waals surface area contributed by atoms with Crippen LogP contribution in [-0.2, 0) is 16.1 Å². The number of ether oxygens (including phenoxy) is 2. The number of amides is 1. The predicted molar refractivity (Wildman–Crippen MR) is 120 cm³/mol. The summed E-state index contributed by atoms with van der Waals surface area (Å²) in [4.78, 5) is 24.8. The van der Waals surface area contributed by atoms with E-state index in [1.807, 2.05) is 30.3 Å². The van der Waals surface area contributed by atoms with Crippen LogP contribution in [0, 0.1) is 0 Å². The maximum atomic E-state index is 12.4. The van der Waals surface area contributed by atoms with Gasteiger partial charge in [-0.2, -0.15) is 0 Å². The predicted octanol–water partition coefficient (Wildman–Crippen LogP) is 3.43. The summed E-state index contributed by atoms with van der Waals surface area (Å²) in [5, 5.41) is 13.6. The van der Waals surface area contributed by atoms with Crippen LogP contribution in [0.5, 0.6) is 5.75 Å². The third-order valence-electron chi connectivity index (χ3n) is 4.74. The van der Waals surface area contributed by atoms with Crippen LogP contribution >= 0.6 is 0 Å². The molecule has 0 fully saturated rings. The van der Waals surface area contributed by atoms with E-state index < -0.39 is 18.0 Å². The molecule has 0 spiro atoms. The van der Waals surface area contributed by atoms with E-state index in [-0.39, 0.29) is 0 Å². The van der Waals surface area contributed by atoms with Crippen LogP contribution in [0.25, 0.3) is 5.69 Å². The van der Waals surface area contributed by atoms with Crippen LogP contribution < -0.4 is 10.1 Å². The number of carbonyl (C=O) groups excluding carboxylic acids is 2. The maximum Gasteiger partial charge on any atom is 0.338 e. The molecule has 0 aliphatic heterocycles. The molecular formula is C24H21N5O4. The summed E-state index contributed by atoms with van der Waals surface area (Å²) < 4.78 is 12.5. The summed E-state index contributed by atoms with van der Waals surface area (Å²) >= 11 is 0. The van der Waals surface area contributed by atoms with E-state index >= 15 is 0 Å². The normalized spacial score (nSPS) is 11.4. The van der Waals surface area contributed by atoms with E-state index in [1.54, 1.807) is 48.5 Å². The zero-order valence-electron chi connectivity index (χ0n) is 17.8. The number of tetrazole rings is 1. The Hall–Kier alpha value is -4.53. The topological polar surface area (TPSA) is 108 Å². The quantitative estimate of drug-likeness (QED) is 0.416. The van der Waals surface area contributed by atoms with Crippen LogP contribution in [0.3, 0.4) is 0 Å². The lowest BCUT2D eigenvalue weighted by Gasteiger charge is -2.14. The van der Waals surface area contributed by atoms with Crippen LogP contribution in [-0.4, -0.2) is 38.2 Å². The number of benzene rings is 3. The van der Waals surface area contributed by atoms with Crippen molar-refractivity contribution in [1.82, 2.24) is 20.2 Å². The Bertz CT molecular complexity index is 1190. The van der Waals surface area contributed by atoms with Crippen molar-refractivity contribution >= 4 is 17.6 Å². The standard InChI is InChI=1S/C24H21N5O4/c1-17(33-24(31)19-7-11-21(12-8-19)29-16-25-27-28-29)23(30)26-20-9-13-22(14-10-20)32-15-18-5-3-2-4-6-18/h2-14,16-17H,15H2,1H3,(H,26,30)/t17-/m1/s1. The number of hydrogen-bond donors (Lipinski definition) is 1. The second-order valence-corrected chi connectivity index (χ2v) is 7.14. The Labute approximate surface area is 190 Å². The molecule has 4 rings (SSSR count). The number of esters is 1. The summed E-state index contributed by atoms with van der Waals surface area (Å²) in [7, 11) is 0. The van der Waals surface area contributed by atoms with Gasteiger partial charge >= 0.3 is 5.97 Å². The summed E-state index contributed by atoms with van der Waals surface area (Å²) in [6, 6.07) is 23.3. The minimum Gasteiger partial charge on any atom is -0.489 e. The van der Waals surface area contributed by atoms with Gasteiger partial charge in [-0.3, -0.25) is 4.79 Å². The number of rotatable bonds is 8. The third-order valence-corrected chi connectivity index (χ3v) is 4.74. The summed E-state index contributed by atoms with van der Waals surface area (Å²) in [5.41, 5.74) is 2.64. The van der Waals surface area contributed by atoms with E-state index in [1.165, 1.54) is 17.9 Å². The highest BCUT2D eigenvalue weighted by molar-refractivity contribution is 5.97. The van der Waals surface area contributed by atoms with E-state index in [2.05, 4.69) is 20.8 Å². The molecule has 4 aromatic rings. The number of anilines is 1. The Kier molecular flexibility index (Phi) is 6.70. The highest BCUT2D eigenvalue weighted by Crippen LogP contribution is 2.18.